The van der Waals surface area contributed by atoms with Crippen LogP contribution in [0.2, 0.25) is 0 Å². The maximum Gasteiger partial charge on any atom is 0.253 e. The van der Waals surface area contributed by atoms with Crippen LogP contribution >= 0.6 is 0 Å². The van der Waals surface area contributed by atoms with Gasteiger partial charge in [-0.15, -0.1) is 6.58 Å². The minimum absolute atomic E-state index is 0.0269. The Labute approximate surface area is 190 Å². The summed E-state index contributed by atoms with van der Waals surface area (Å²) in [4.78, 5) is 24.0. The number of aromatic nitrogens is 3. The highest BCUT2D eigenvalue weighted by atomic mass is 16.5. The highest BCUT2D eigenvalue weighted by Gasteiger charge is 2.30. The monoisotopic (exact) mass is 437 g/mol. The third-order valence-electron chi connectivity index (χ3n) is 6.69. The van der Waals surface area contributed by atoms with Gasteiger partial charge in [0.05, 0.1) is 18.8 Å². The maximum absolute atomic E-state index is 12.9. The third-order valence-corrected chi connectivity index (χ3v) is 6.69. The molecule has 1 amide bonds. The number of nitrogens with zero attached hydrogens (tertiary/aromatic N) is 4. The number of pyridine rings is 1. The molecule has 0 aromatic carbocycles. The molecule has 3 unspecified atom stereocenters. The molecule has 2 aliphatic rings. The fourth-order valence-corrected chi connectivity index (χ4v) is 5.04. The molecule has 0 spiro atoms. The molecule has 1 aliphatic carbocycles. The number of piperidine rings is 1. The van der Waals surface area contributed by atoms with Crippen molar-refractivity contribution >= 4 is 5.91 Å². The molecule has 1 saturated carbocycles. The second kappa shape index (κ2) is 11.4. The van der Waals surface area contributed by atoms with Crippen molar-refractivity contribution in [3.05, 3.63) is 55.3 Å². The van der Waals surface area contributed by atoms with E-state index in [-0.39, 0.29) is 11.9 Å². The Morgan fingerprint density at radius 2 is 2.16 bits per heavy atom. The third kappa shape index (κ3) is 6.04. The molecule has 0 radical (unpaired) electrons. The van der Waals surface area contributed by atoms with Crippen molar-refractivity contribution in [2.75, 3.05) is 32.8 Å². The number of amides is 1. The number of nitrogens with one attached hydrogen (secondary N) is 1. The predicted molar refractivity (Wildman–Crippen MR) is 125 cm³/mol. The molecule has 1 saturated heterocycles. The Hall–Kier alpha value is -2.51. The van der Waals surface area contributed by atoms with Crippen LogP contribution in [0.15, 0.2) is 49.7 Å². The first-order valence-electron chi connectivity index (χ1n) is 11.9. The quantitative estimate of drug-likeness (QED) is 0.480. The molecule has 4 rings (SSSR count). The fraction of sp³-hybridized carbons (Fsp3) is 0.560. The van der Waals surface area contributed by atoms with Crippen molar-refractivity contribution in [2.24, 2.45) is 11.8 Å². The molecule has 2 fully saturated rings. The van der Waals surface area contributed by atoms with Gasteiger partial charge < -0.3 is 15.0 Å². The average molecular weight is 438 g/mol. The molecule has 1 N–H and O–H groups in total. The van der Waals surface area contributed by atoms with E-state index >= 15 is 0 Å². The zero-order valence-electron chi connectivity index (χ0n) is 18.9. The summed E-state index contributed by atoms with van der Waals surface area (Å²) < 4.78 is 7.53. The summed E-state index contributed by atoms with van der Waals surface area (Å²) in [6.07, 6.45) is 15.8. The molecule has 7 heteroatoms. The average Bonchev–Trinajstić information content (AvgIpc) is 3.36. The maximum atomic E-state index is 12.9. The zero-order valence-corrected chi connectivity index (χ0v) is 18.9. The molecule has 2 aromatic rings. The van der Waals surface area contributed by atoms with E-state index in [0.717, 1.165) is 38.5 Å². The second-order valence-corrected chi connectivity index (χ2v) is 9.09. The van der Waals surface area contributed by atoms with Crippen molar-refractivity contribution < 1.29 is 9.53 Å². The van der Waals surface area contributed by atoms with Gasteiger partial charge in [0, 0.05) is 37.7 Å². The minimum Gasteiger partial charge on any atom is -0.377 e. The molecule has 0 bridgehead atoms. The standard InChI is InChI=1S/C25H35N5O2/c1-2-14-32-18-20-6-5-12-29(16-20)17-22-7-3-4-8-23(22)28-25(31)21-9-10-24(27-15-21)30-13-11-26-19-30/h2,9-11,13,15,19-20,22-23H,1,3-8,12,14,16-18H2,(H,28,31). The highest BCUT2D eigenvalue weighted by molar-refractivity contribution is 5.94. The van der Waals surface area contributed by atoms with E-state index in [2.05, 4.69) is 26.8 Å². The van der Waals surface area contributed by atoms with Gasteiger partial charge in [0.25, 0.3) is 5.91 Å². The van der Waals surface area contributed by atoms with Crippen LogP contribution in [0.25, 0.3) is 5.82 Å². The van der Waals surface area contributed by atoms with Crippen molar-refractivity contribution in [1.29, 1.82) is 0 Å². The smallest absolute Gasteiger partial charge is 0.253 e. The van der Waals surface area contributed by atoms with Crippen molar-refractivity contribution in [3.63, 3.8) is 0 Å². The number of carbonyl (C=O) groups is 1. The molecule has 1 aliphatic heterocycles. The Kier molecular flexibility index (Phi) is 8.07. The van der Waals surface area contributed by atoms with Gasteiger partial charge in [-0.3, -0.25) is 9.36 Å². The van der Waals surface area contributed by atoms with Gasteiger partial charge >= 0.3 is 0 Å². The summed E-state index contributed by atoms with van der Waals surface area (Å²) in [6, 6.07) is 3.92. The lowest BCUT2D eigenvalue weighted by molar-refractivity contribution is 0.0599. The zero-order chi connectivity index (χ0) is 22.2. The van der Waals surface area contributed by atoms with Gasteiger partial charge in [-0.05, 0) is 56.2 Å². The van der Waals surface area contributed by atoms with Gasteiger partial charge in [-0.1, -0.05) is 18.9 Å². The molecule has 3 atom stereocenters. The lowest BCUT2D eigenvalue weighted by atomic mass is 9.83. The number of likely N-dealkylation sites (tertiary alicyclic amines) is 1. The Balaban J connectivity index is 1.32. The van der Waals surface area contributed by atoms with Crippen LogP contribution < -0.4 is 5.32 Å². The van der Waals surface area contributed by atoms with Crippen molar-refractivity contribution in [2.45, 2.75) is 44.6 Å². The summed E-state index contributed by atoms with van der Waals surface area (Å²) >= 11 is 0. The first-order valence-corrected chi connectivity index (χ1v) is 11.9. The molecule has 7 nitrogen and oxygen atoms in total. The van der Waals surface area contributed by atoms with Gasteiger partial charge in [-0.25, -0.2) is 9.97 Å². The first kappa shape index (κ1) is 22.7. The topological polar surface area (TPSA) is 72.3 Å². The van der Waals surface area contributed by atoms with E-state index < -0.39 is 0 Å². The molecule has 2 aromatic heterocycles. The molecule has 3 heterocycles. The largest absolute Gasteiger partial charge is 0.377 e. The van der Waals surface area contributed by atoms with Gasteiger partial charge in [0.1, 0.15) is 12.1 Å². The van der Waals surface area contributed by atoms with Crippen LogP contribution in [0.5, 0.6) is 0 Å². The van der Waals surface area contributed by atoms with Crippen LogP contribution in [0, 0.1) is 11.8 Å². The van der Waals surface area contributed by atoms with Crippen LogP contribution in [0.1, 0.15) is 48.9 Å². The number of ether oxygens (including phenoxy) is 1. The van der Waals surface area contributed by atoms with Gasteiger partial charge in [0.15, 0.2) is 0 Å². The van der Waals surface area contributed by atoms with E-state index in [1.807, 2.05) is 29.0 Å². The number of imidazole rings is 1. The van der Waals surface area contributed by atoms with Crippen LogP contribution in [-0.2, 0) is 4.74 Å². The predicted octanol–water partition coefficient (Wildman–Crippen LogP) is 3.47. The molecular formula is C25H35N5O2. The summed E-state index contributed by atoms with van der Waals surface area (Å²) in [5.41, 5.74) is 0.607. The molecule has 172 valence electrons. The number of rotatable bonds is 9. The van der Waals surface area contributed by atoms with E-state index in [9.17, 15) is 4.79 Å². The summed E-state index contributed by atoms with van der Waals surface area (Å²) in [6.45, 7) is 8.47. The van der Waals surface area contributed by atoms with Crippen LogP contribution in [0.3, 0.4) is 0 Å². The summed E-state index contributed by atoms with van der Waals surface area (Å²) in [7, 11) is 0. The van der Waals surface area contributed by atoms with E-state index in [1.54, 1.807) is 18.7 Å². The molecular weight excluding hydrogens is 402 g/mol. The highest BCUT2D eigenvalue weighted by Crippen LogP contribution is 2.27. The van der Waals surface area contributed by atoms with Gasteiger partial charge in [0.2, 0.25) is 0 Å². The Morgan fingerprint density at radius 3 is 2.94 bits per heavy atom. The molecule has 32 heavy (non-hydrogen) atoms. The SMILES string of the molecule is C=CCOCC1CCCN(CC2CCCCC2NC(=O)c2ccc(-n3ccnc3)nc2)C1. The van der Waals surface area contributed by atoms with Crippen molar-refractivity contribution in [3.8, 4) is 5.82 Å². The Morgan fingerprint density at radius 1 is 1.25 bits per heavy atom. The fourth-order valence-electron chi connectivity index (χ4n) is 5.04. The number of hydrogen-bond donors (Lipinski definition) is 1. The Bertz CT molecular complexity index is 852. The van der Waals surface area contributed by atoms with Crippen LogP contribution in [-0.4, -0.2) is 64.2 Å². The van der Waals surface area contributed by atoms with Crippen LogP contribution in [0.4, 0.5) is 0 Å². The second-order valence-electron chi connectivity index (χ2n) is 9.09. The summed E-state index contributed by atoms with van der Waals surface area (Å²) in [5.74, 6) is 1.83. The summed E-state index contributed by atoms with van der Waals surface area (Å²) in [5, 5.41) is 3.32. The van der Waals surface area contributed by atoms with E-state index in [0.29, 0.717) is 24.0 Å². The van der Waals surface area contributed by atoms with Crippen molar-refractivity contribution in [1.82, 2.24) is 24.8 Å². The van der Waals surface area contributed by atoms with E-state index in [1.165, 1.54) is 32.1 Å². The van der Waals surface area contributed by atoms with E-state index in [4.69, 9.17) is 4.74 Å². The normalized spacial score (nSPS) is 24.2. The van der Waals surface area contributed by atoms with Gasteiger partial charge in [-0.2, -0.15) is 0 Å². The number of carbonyl (C=O) groups excluding carboxylic acids is 1. The lowest BCUT2D eigenvalue weighted by Gasteiger charge is -2.39. The lowest BCUT2D eigenvalue weighted by Crippen LogP contribution is -2.48. The first-order chi connectivity index (χ1) is 15.7. The number of hydrogen-bond acceptors (Lipinski definition) is 5. The minimum atomic E-state index is -0.0269.